The number of rotatable bonds is 4. The molecule has 1 aromatic rings. The average Bonchev–Trinajstić information content (AvgIpc) is 2.38. The zero-order valence-corrected chi connectivity index (χ0v) is 9.81. The summed E-state index contributed by atoms with van der Waals surface area (Å²) >= 11 is 0. The molecule has 0 saturated heterocycles. The SMILES string of the molecule is CC(N=O)c1ccc2c(c1CCN)OCCO2. The molecule has 92 valence electrons. The summed E-state index contributed by atoms with van der Waals surface area (Å²) in [5.74, 6) is 1.44. The van der Waals surface area contributed by atoms with Gasteiger partial charge < -0.3 is 15.2 Å². The van der Waals surface area contributed by atoms with E-state index in [1.165, 1.54) is 0 Å². The summed E-state index contributed by atoms with van der Waals surface area (Å²) in [5, 5.41) is 3.06. The van der Waals surface area contributed by atoms with Gasteiger partial charge in [-0.1, -0.05) is 11.2 Å². The lowest BCUT2D eigenvalue weighted by atomic mass is 9.97. The van der Waals surface area contributed by atoms with Crippen LogP contribution in [-0.2, 0) is 6.42 Å². The van der Waals surface area contributed by atoms with Crippen molar-refractivity contribution in [1.82, 2.24) is 0 Å². The molecule has 1 aromatic carbocycles. The maximum atomic E-state index is 10.7. The Morgan fingerprint density at radius 1 is 1.41 bits per heavy atom. The molecule has 17 heavy (non-hydrogen) atoms. The van der Waals surface area contributed by atoms with E-state index in [1.54, 1.807) is 6.92 Å². The van der Waals surface area contributed by atoms with Gasteiger partial charge in [-0.2, -0.15) is 4.91 Å². The highest BCUT2D eigenvalue weighted by Gasteiger charge is 2.21. The van der Waals surface area contributed by atoms with Crippen molar-refractivity contribution in [3.63, 3.8) is 0 Å². The highest BCUT2D eigenvalue weighted by molar-refractivity contribution is 5.52. The van der Waals surface area contributed by atoms with E-state index in [4.69, 9.17) is 15.2 Å². The Kier molecular flexibility index (Phi) is 3.58. The third-order valence-electron chi connectivity index (χ3n) is 2.85. The van der Waals surface area contributed by atoms with Gasteiger partial charge in [0.1, 0.15) is 19.3 Å². The molecule has 5 nitrogen and oxygen atoms in total. The van der Waals surface area contributed by atoms with Gasteiger partial charge >= 0.3 is 0 Å². The summed E-state index contributed by atoms with van der Waals surface area (Å²) in [6.07, 6.45) is 0.654. The van der Waals surface area contributed by atoms with Crippen LogP contribution in [0, 0.1) is 4.91 Å². The monoisotopic (exact) mass is 236 g/mol. The Morgan fingerprint density at radius 2 is 2.18 bits per heavy atom. The second-order valence-electron chi connectivity index (χ2n) is 3.98. The molecule has 1 heterocycles. The molecular formula is C12H16N2O3. The second kappa shape index (κ2) is 5.14. The zero-order chi connectivity index (χ0) is 12.3. The van der Waals surface area contributed by atoms with Crippen LogP contribution in [0.3, 0.4) is 0 Å². The van der Waals surface area contributed by atoms with Crippen LogP contribution in [0.1, 0.15) is 24.1 Å². The highest BCUT2D eigenvalue weighted by Crippen LogP contribution is 2.38. The van der Waals surface area contributed by atoms with E-state index in [2.05, 4.69) is 5.18 Å². The molecule has 0 amide bonds. The fourth-order valence-electron chi connectivity index (χ4n) is 2.04. The number of hydrogen-bond donors (Lipinski definition) is 1. The molecule has 0 saturated carbocycles. The summed E-state index contributed by atoms with van der Waals surface area (Å²) in [5.41, 5.74) is 7.41. The standard InChI is InChI=1S/C12H16N2O3/c1-8(14-15)9-2-3-11-12(10(9)4-5-13)17-7-6-16-11/h2-3,8H,4-7,13H2,1H3. The first kappa shape index (κ1) is 11.9. The van der Waals surface area contributed by atoms with Crippen molar-refractivity contribution >= 4 is 0 Å². The van der Waals surface area contributed by atoms with Gasteiger partial charge in [-0.3, -0.25) is 0 Å². The average molecular weight is 236 g/mol. The Balaban J connectivity index is 2.48. The Morgan fingerprint density at radius 3 is 2.88 bits per heavy atom. The van der Waals surface area contributed by atoms with Gasteiger partial charge in [0.25, 0.3) is 0 Å². The van der Waals surface area contributed by atoms with Crippen LogP contribution in [0.2, 0.25) is 0 Å². The number of hydrogen-bond acceptors (Lipinski definition) is 5. The predicted molar refractivity (Wildman–Crippen MR) is 64.4 cm³/mol. The van der Waals surface area contributed by atoms with Crippen molar-refractivity contribution in [1.29, 1.82) is 0 Å². The van der Waals surface area contributed by atoms with Crippen molar-refractivity contribution in [3.8, 4) is 11.5 Å². The van der Waals surface area contributed by atoms with E-state index in [-0.39, 0.29) is 0 Å². The maximum absolute atomic E-state index is 10.7. The zero-order valence-electron chi connectivity index (χ0n) is 9.81. The van der Waals surface area contributed by atoms with Gasteiger partial charge in [0, 0.05) is 5.56 Å². The van der Waals surface area contributed by atoms with E-state index in [0.717, 1.165) is 22.6 Å². The van der Waals surface area contributed by atoms with E-state index < -0.39 is 6.04 Å². The van der Waals surface area contributed by atoms with Crippen molar-refractivity contribution in [2.24, 2.45) is 10.9 Å². The molecule has 5 heteroatoms. The van der Waals surface area contributed by atoms with Gasteiger partial charge in [0.05, 0.1) is 0 Å². The third kappa shape index (κ3) is 2.24. The van der Waals surface area contributed by atoms with Crippen LogP contribution in [-0.4, -0.2) is 19.8 Å². The number of nitrogens with zero attached hydrogens (tertiary/aromatic N) is 1. The Bertz CT molecular complexity index is 420. The largest absolute Gasteiger partial charge is 0.486 e. The molecule has 0 bridgehead atoms. The number of benzene rings is 1. The topological polar surface area (TPSA) is 73.9 Å². The molecule has 1 aliphatic heterocycles. The van der Waals surface area contributed by atoms with Gasteiger partial charge in [-0.05, 0) is 31.5 Å². The Labute approximate surface area is 99.9 Å². The molecule has 2 N–H and O–H groups in total. The first-order chi connectivity index (χ1) is 8.27. The van der Waals surface area contributed by atoms with Gasteiger partial charge in [-0.15, -0.1) is 0 Å². The number of nitroso groups, excluding NO2 is 1. The molecule has 1 atom stereocenters. The molecule has 0 radical (unpaired) electrons. The minimum absolute atomic E-state index is 0.396. The third-order valence-corrected chi connectivity index (χ3v) is 2.85. The van der Waals surface area contributed by atoms with Crippen LogP contribution in [0.4, 0.5) is 0 Å². The summed E-state index contributed by atoms with van der Waals surface area (Å²) in [6.45, 7) is 3.34. The molecule has 1 aliphatic rings. The van der Waals surface area contributed by atoms with Crippen LogP contribution in [0.15, 0.2) is 17.3 Å². The fourth-order valence-corrected chi connectivity index (χ4v) is 2.04. The van der Waals surface area contributed by atoms with E-state index in [9.17, 15) is 4.91 Å². The van der Waals surface area contributed by atoms with Crippen molar-refractivity contribution < 1.29 is 9.47 Å². The molecule has 1 unspecified atom stereocenters. The van der Waals surface area contributed by atoms with E-state index in [0.29, 0.717) is 26.2 Å². The first-order valence-corrected chi connectivity index (χ1v) is 5.71. The van der Waals surface area contributed by atoms with Crippen LogP contribution in [0.25, 0.3) is 0 Å². The second-order valence-corrected chi connectivity index (χ2v) is 3.98. The summed E-state index contributed by atoms with van der Waals surface area (Å²) in [6, 6.07) is 3.29. The molecule has 2 rings (SSSR count). The van der Waals surface area contributed by atoms with E-state index in [1.807, 2.05) is 12.1 Å². The lowest BCUT2D eigenvalue weighted by molar-refractivity contribution is 0.169. The lowest BCUT2D eigenvalue weighted by Crippen LogP contribution is -2.18. The van der Waals surface area contributed by atoms with Gasteiger partial charge in [-0.25, -0.2) is 0 Å². The van der Waals surface area contributed by atoms with Crippen LogP contribution < -0.4 is 15.2 Å². The maximum Gasteiger partial charge on any atom is 0.164 e. The lowest BCUT2D eigenvalue weighted by Gasteiger charge is -2.23. The first-order valence-electron chi connectivity index (χ1n) is 5.71. The molecule has 0 spiro atoms. The molecular weight excluding hydrogens is 220 g/mol. The Hall–Kier alpha value is -1.62. The molecule has 0 aliphatic carbocycles. The summed E-state index contributed by atoms with van der Waals surface area (Å²) in [7, 11) is 0. The number of ether oxygens (including phenoxy) is 2. The minimum atomic E-state index is -0.396. The van der Waals surface area contributed by atoms with Crippen molar-refractivity contribution in [2.45, 2.75) is 19.4 Å². The van der Waals surface area contributed by atoms with Crippen molar-refractivity contribution in [2.75, 3.05) is 19.8 Å². The predicted octanol–water partition coefficient (Wildman–Crippen LogP) is 1.79. The van der Waals surface area contributed by atoms with E-state index >= 15 is 0 Å². The molecule has 0 aromatic heterocycles. The normalized spacial score (nSPS) is 15.4. The van der Waals surface area contributed by atoms with Gasteiger partial charge in [0.15, 0.2) is 11.5 Å². The van der Waals surface area contributed by atoms with Crippen molar-refractivity contribution in [3.05, 3.63) is 28.2 Å². The van der Waals surface area contributed by atoms with Crippen LogP contribution in [0.5, 0.6) is 11.5 Å². The number of fused-ring (bicyclic) bond motifs is 1. The minimum Gasteiger partial charge on any atom is -0.486 e. The fraction of sp³-hybridized carbons (Fsp3) is 0.500. The quantitative estimate of drug-likeness (QED) is 0.809. The number of nitrogens with two attached hydrogens (primary N) is 1. The van der Waals surface area contributed by atoms with Crippen LogP contribution >= 0.6 is 0 Å². The highest BCUT2D eigenvalue weighted by atomic mass is 16.6. The smallest absolute Gasteiger partial charge is 0.164 e. The molecule has 0 fully saturated rings. The summed E-state index contributed by atoms with van der Waals surface area (Å²) in [4.78, 5) is 10.7. The summed E-state index contributed by atoms with van der Waals surface area (Å²) < 4.78 is 11.1. The van der Waals surface area contributed by atoms with Gasteiger partial charge in [0.2, 0.25) is 0 Å².